The monoisotopic (exact) mass is 603 g/mol. The molecular weight excluding hydrogens is 580 g/mol. The molecule has 4 aromatic rings. The molecule has 2 unspecified atom stereocenters. The Morgan fingerprint density at radius 1 is 1.10 bits per heavy atom. The van der Waals surface area contributed by atoms with Crippen molar-refractivity contribution >= 4 is 62.4 Å². The first-order chi connectivity index (χ1) is 18.3. The van der Waals surface area contributed by atoms with Crippen LogP contribution in [0.5, 0.6) is 0 Å². The van der Waals surface area contributed by atoms with Crippen LogP contribution in [0.1, 0.15) is 16.7 Å². The summed E-state index contributed by atoms with van der Waals surface area (Å²) < 4.78 is 42.4. The van der Waals surface area contributed by atoms with Gasteiger partial charge >= 0.3 is 5.97 Å². The fraction of sp³-hybridized carbons (Fsp3) is 0.179. The van der Waals surface area contributed by atoms with E-state index in [4.69, 9.17) is 27.6 Å². The minimum absolute atomic E-state index is 0.0452. The molecule has 39 heavy (non-hydrogen) atoms. The molecule has 7 nitrogen and oxygen atoms in total. The molecule has 0 spiro atoms. The van der Waals surface area contributed by atoms with Gasteiger partial charge in [-0.05, 0) is 60.1 Å². The lowest BCUT2D eigenvalue weighted by Crippen LogP contribution is -2.38. The summed E-state index contributed by atoms with van der Waals surface area (Å²) in [5.41, 5.74) is 4.95. The van der Waals surface area contributed by atoms with Crippen molar-refractivity contribution in [2.75, 3.05) is 12.9 Å². The predicted octanol–water partition coefficient (Wildman–Crippen LogP) is 5.56. The number of benzene rings is 3. The van der Waals surface area contributed by atoms with E-state index >= 15 is 0 Å². The number of carboxylic acid groups (broad SMARTS) is 1. The van der Waals surface area contributed by atoms with Crippen LogP contribution in [-0.2, 0) is 32.2 Å². The number of furan rings is 1. The molecule has 0 aliphatic rings. The van der Waals surface area contributed by atoms with Crippen LogP contribution in [0.15, 0.2) is 76.2 Å². The lowest BCUT2D eigenvalue weighted by Gasteiger charge is -2.16. The highest BCUT2D eigenvalue weighted by molar-refractivity contribution is 7.90. The van der Waals surface area contributed by atoms with Crippen LogP contribution < -0.4 is 10.6 Å². The fourth-order valence-corrected chi connectivity index (χ4v) is 6.41. The normalized spacial score (nSPS) is 13.8. The van der Waals surface area contributed by atoms with Gasteiger partial charge in [-0.1, -0.05) is 47.3 Å². The lowest BCUT2D eigenvalue weighted by atomic mass is 10.1. The van der Waals surface area contributed by atoms with Crippen molar-refractivity contribution in [1.82, 2.24) is 5.32 Å². The van der Waals surface area contributed by atoms with Gasteiger partial charge in [-0.15, -0.1) is 0 Å². The number of carbonyl (C=O) groups is 1. The second-order valence-electron chi connectivity index (χ2n) is 9.12. The SMILES string of the molecule is CP(=O)(C#Cc1cc(Cl)c(CNC(Cc2cccc(S(C)(=O)=O)c2)C(=O)O)c(Cl)c1)c1ccc2ccoc2c1. The Balaban J connectivity index is 1.50. The molecule has 202 valence electrons. The Labute approximate surface area is 236 Å². The van der Waals surface area contributed by atoms with Crippen molar-refractivity contribution in [2.45, 2.75) is 23.9 Å². The van der Waals surface area contributed by atoms with Gasteiger partial charge in [-0.2, -0.15) is 0 Å². The summed E-state index contributed by atoms with van der Waals surface area (Å²) >= 11 is 12.9. The van der Waals surface area contributed by atoms with E-state index in [1.165, 1.54) is 12.1 Å². The summed E-state index contributed by atoms with van der Waals surface area (Å²) in [6, 6.07) is 15.4. The van der Waals surface area contributed by atoms with Crippen LogP contribution in [0.4, 0.5) is 0 Å². The largest absolute Gasteiger partial charge is 0.480 e. The minimum atomic E-state index is -3.42. The molecule has 4 rings (SSSR count). The summed E-state index contributed by atoms with van der Waals surface area (Å²) in [7, 11) is -6.46. The van der Waals surface area contributed by atoms with Crippen LogP contribution >= 0.6 is 30.3 Å². The highest BCUT2D eigenvalue weighted by Gasteiger charge is 2.20. The molecular formula is C28H24Cl2NO6PS. The molecule has 0 saturated heterocycles. The standard InChI is InChI=1S/C28H24Cl2NO6PS/c1-38(34,21-7-6-20-8-10-37-27(20)16-21)11-9-19-13-24(29)23(25(30)14-19)17-31-26(28(32)33)15-18-4-3-5-22(12-18)39(2,35)36/h3-8,10,12-14,16,26,31H,15,17H2,1-2H3,(H,32,33). The Kier molecular flexibility index (Phi) is 8.60. The van der Waals surface area contributed by atoms with Gasteiger partial charge in [0.05, 0.1) is 11.2 Å². The first-order valence-corrected chi connectivity index (χ1v) is 16.5. The maximum absolute atomic E-state index is 13.3. The number of hydrogen-bond acceptors (Lipinski definition) is 6. The molecule has 0 fully saturated rings. The van der Waals surface area contributed by atoms with Crippen LogP contribution in [0, 0.1) is 11.6 Å². The molecule has 0 aliphatic heterocycles. The van der Waals surface area contributed by atoms with E-state index < -0.39 is 29.0 Å². The van der Waals surface area contributed by atoms with E-state index in [0.717, 1.165) is 11.6 Å². The van der Waals surface area contributed by atoms with Crippen LogP contribution in [-0.4, -0.2) is 38.5 Å². The number of halogens is 2. The Morgan fingerprint density at radius 3 is 2.49 bits per heavy atom. The fourth-order valence-electron chi connectivity index (χ4n) is 3.90. The maximum atomic E-state index is 13.3. The van der Waals surface area contributed by atoms with Crippen molar-refractivity contribution < 1.29 is 27.3 Å². The van der Waals surface area contributed by atoms with E-state index in [9.17, 15) is 22.9 Å². The van der Waals surface area contributed by atoms with Crippen LogP contribution in [0.25, 0.3) is 11.0 Å². The Morgan fingerprint density at radius 2 is 1.82 bits per heavy atom. The zero-order valence-corrected chi connectivity index (χ0v) is 24.2. The lowest BCUT2D eigenvalue weighted by molar-refractivity contribution is -0.139. The number of nitrogens with one attached hydrogen (secondary N) is 1. The number of fused-ring (bicyclic) bond motifs is 1. The summed E-state index contributed by atoms with van der Waals surface area (Å²) in [6.45, 7) is 1.62. The molecule has 0 radical (unpaired) electrons. The van der Waals surface area contributed by atoms with Crippen molar-refractivity contribution in [3.05, 3.63) is 93.7 Å². The first kappa shape index (κ1) is 28.9. The topological polar surface area (TPSA) is 114 Å². The molecule has 11 heteroatoms. The Bertz CT molecular complexity index is 1770. The van der Waals surface area contributed by atoms with E-state index in [0.29, 0.717) is 27.6 Å². The predicted molar refractivity (Wildman–Crippen MR) is 154 cm³/mol. The van der Waals surface area contributed by atoms with Gasteiger partial charge in [0.2, 0.25) is 0 Å². The molecule has 2 atom stereocenters. The van der Waals surface area contributed by atoms with Gasteiger partial charge in [-0.3, -0.25) is 10.1 Å². The summed E-state index contributed by atoms with van der Waals surface area (Å²) in [6.07, 6.45) is 2.71. The quantitative estimate of drug-likeness (QED) is 0.200. The zero-order valence-electron chi connectivity index (χ0n) is 20.9. The van der Waals surface area contributed by atoms with Crippen molar-refractivity contribution in [2.24, 2.45) is 0 Å². The van der Waals surface area contributed by atoms with Gasteiger partial charge in [0.15, 0.2) is 17.0 Å². The third kappa shape index (κ3) is 7.13. The molecule has 2 N–H and O–H groups in total. The number of carboxylic acids is 1. The first-order valence-electron chi connectivity index (χ1n) is 11.7. The highest BCUT2D eigenvalue weighted by atomic mass is 35.5. The van der Waals surface area contributed by atoms with Crippen molar-refractivity contribution in [3.8, 4) is 11.6 Å². The van der Waals surface area contributed by atoms with Crippen LogP contribution in [0.3, 0.4) is 0 Å². The van der Waals surface area contributed by atoms with Gasteiger partial charge < -0.3 is 14.1 Å². The molecule has 0 bridgehead atoms. The smallest absolute Gasteiger partial charge is 0.321 e. The van der Waals surface area contributed by atoms with Gasteiger partial charge in [0, 0.05) is 51.3 Å². The highest BCUT2D eigenvalue weighted by Crippen LogP contribution is 2.39. The molecule has 0 amide bonds. The third-order valence-electron chi connectivity index (χ3n) is 6.08. The van der Waals surface area contributed by atoms with E-state index in [1.807, 2.05) is 12.1 Å². The molecule has 0 saturated carbocycles. The Hall–Kier alpha value is -3.05. The molecule has 1 aromatic heterocycles. The number of aliphatic carboxylic acids is 1. The molecule has 0 aliphatic carbocycles. The van der Waals surface area contributed by atoms with E-state index in [-0.39, 0.29) is 27.9 Å². The summed E-state index contributed by atoms with van der Waals surface area (Å²) in [5, 5.41) is 14.6. The summed E-state index contributed by atoms with van der Waals surface area (Å²) in [5.74, 6) is 1.78. The molecule has 1 heterocycles. The van der Waals surface area contributed by atoms with Crippen molar-refractivity contribution in [3.63, 3.8) is 0 Å². The van der Waals surface area contributed by atoms with Crippen molar-refractivity contribution in [1.29, 1.82) is 0 Å². The van der Waals surface area contributed by atoms with E-state index in [1.54, 1.807) is 49.3 Å². The zero-order chi connectivity index (χ0) is 28.4. The minimum Gasteiger partial charge on any atom is -0.480 e. The van der Waals surface area contributed by atoms with E-state index in [2.05, 4.69) is 16.9 Å². The molecule has 3 aromatic carbocycles. The second-order valence-corrected chi connectivity index (χ2v) is 14.5. The van der Waals surface area contributed by atoms with Gasteiger partial charge in [0.25, 0.3) is 0 Å². The van der Waals surface area contributed by atoms with Crippen LogP contribution in [0.2, 0.25) is 10.0 Å². The third-order valence-corrected chi connectivity index (χ3v) is 9.66. The second kappa shape index (κ2) is 11.6. The average Bonchev–Trinajstić information content (AvgIpc) is 3.34. The van der Waals surface area contributed by atoms with Gasteiger partial charge in [-0.25, -0.2) is 8.42 Å². The number of rotatable bonds is 8. The number of hydrogen-bond donors (Lipinski definition) is 2. The van der Waals surface area contributed by atoms with Gasteiger partial charge in [0.1, 0.15) is 11.6 Å². The maximum Gasteiger partial charge on any atom is 0.321 e. The summed E-state index contributed by atoms with van der Waals surface area (Å²) in [4.78, 5) is 12.0. The number of sulfone groups is 1. The average molecular weight is 604 g/mol.